The highest BCUT2D eigenvalue weighted by Crippen LogP contribution is 2.30. The summed E-state index contributed by atoms with van der Waals surface area (Å²) in [6.07, 6.45) is 2.35. The van der Waals surface area contributed by atoms with Gasteiger partial charge in [0.15, 0.2) is 0 Å². The van der Waals surface area contributed by atoms with E-state index in [9.17, 15) is 9.59 Å². The van der Waals surface area contributed by atoms with E-state index >= 15 is 0 Å². The number of nitrogens with zero attached hydrogens (tertiary/aromatic N) is 1. The molecule has 5 nitrogen and oxygen atoms in total. The number of carboxylic acids is 1. The van der Waals surface area contributed by atoms with Crippen LogP contribution in [0.25, 0.3) is 0 Å². The summed E-state index contributed by atoms with van der Waals surface area (Å²) in [5.74, 6) is -0.503. The van der Waals surface area contributed by atoms with E-state index in [-0.39, 0.29) is 16.6 Å². The number of urea groups is 1. The molecule has 1 aromatic rings. The molecule has 108 valence electrons. The molecule has 0 atom stereocenters. The number of nitrogens with one attached hydrogen (secondary N) is 1. The summed E-state index contributed by atoms with van der Waals surface area (Å²) < 4.78 is 0. The molecule has 1 aliphatic carbocycles. The Morgan fingerprint density at radius 1 is 1.45 bits per heavy atom. The summed E-state index contributed by atoms with van der Waals surface area (Å²) in [5, 5.41) is 11.9. The van der Waals surface area contributed by atoms with Crippen molar-refractivity contribution in [2.24, 2.45) is 5.92 Å². The molecule has 2 rings (SSSR count). The number of aromatic carboxylic acids is 1. The molecular formula is C14H17ClN2O3. The van der Waals surface area contributed by atoms with Gasteiger partial charge in [-0.3, -0.25) is 0 Å². The van der Waals surface area contributed by atoms with Crippen LogP contribution in [0.1, 0.15) is 30.1 Å². The van der Waals surface area contributed by atoms with Gasteiger partial charge in [-0.05, 0) is 43.9 Å². The molecule has 0 spiro atoms. The molecule has 1 fully saturated rings. The molecule has 2 amide bonds. The van der Waals surface area contributed by atoms with Crippen molar-refractivity contribution in [2.45, 2.75) is 19.8 Å². The van der Waals surface area contributed by atoms with Crippen molar-refractivity contribution in [3.8, 4) is 0 Å². The summed E-state index contributed by atoms with van der Waals surface area (Å²) in [4.78, 5) is 24.8. The second kappa shape index (κ2) is 6.13. The van der Waals surface area contributed by atoms with Crippen LogP contribution in [0.5, 0.6) is 0 Å². The van der Waals surface area contributed by atoms with E-state index in [1.54, 1.807) is 11.0 Å². The molecule has 0 bridgehead atoms. The Kier molecular flexibility index (Phi) is 4.49. The molecule has 0 saturated heterocycles. The Labute approximate surface area is 122 Å². The maximum absolute atomic E-state index is 12.1. The van der Waals surface area contributed by atoms with Crippen LogP contribution in [0.3, 0.4) is 0 Å². The molecule has 0 unspecified atom stereocenters. The molecule has 0 heterocycles. The number of anilines is 1. The number of carboxylic acid groups (broad SMARTS) is 1. The molecule has 1 saturated carbocycles. The van der Waals surface area contributed by atoms with Crippen LogP contribution in [0, 0.1) is 5.92 Å². The number of hydrogen-bond acceptors (Lipinski definition) is 2. The van der Waals surface area contributed by atoms with Crippen LogP contribution in [0.4, 0.5) is 10.5 Å². The van der Waals surface area contributed by atoms with Crippen molar-refractivity contribution < 1.29 is 14.7 Å². The second-order valence-corrected chi connectivity index (χ2v) is 5.32. The Bertz CT molecular complexity index is 529. The fraction of sp³-hybridized carbons (Fsp3) is 0.429. The largest absolute Gasteiger partial charge is 0.478 e. The fourth-order valence-corrected chi connectivity index (χ4v) is 2.14. The van der Waals surface area contributed by atoms with Gasteiger partial charge in [0.25, 0.3) is 0 Å². The van der Waals surface area contributed by atoms with E-state index in [1.165, 1.54) is 25.0 Å². The van der Waals surface area contributed by atoms with Crippen LogP contribution in [0.2, 0.25) is 5.02 Å². The molecule has 1 aliphatic rings. The molecule has 1 aromatic carbocycles. The van der Waals surface area contributed by atoms with E-state index in [0.717, 1.165) is 6.54 Å². The molecule has 6 heteroatoms. The second-order valence-electron chi connectivity index (χ2n) is 4.91. The van der Waals surface area contributed by atoms with Gasteiger partial charge in [-0.25, -0.2) is 9.59 Å². The van der Waals surface area contributed by atoms with Crippen molar-refractivity contribution in [1.29, 1.82) is 0 Å². The first-order chi connectivity index (χ1) is 9.51. The molecule has 20 heavy (non-hydrogen) atoms. The van der Waals surface area contributed by atoms with Gasteiger partial charge in [0.05, 0.1) is 10.6 Å². The standard InChI is InChI=1S/C14H17ClN2O3/c1-2-17(8-9-3-4-9)14(20)16-10-5-6-12(15)11(7-10)13(18)19/h5-7,9H,2-4,8H2,1H3,(H,16,20)(H,18,19). The summed E-state index contributed by atoms with van der Waals surface area (Å²) in [5.41, 5.74) is 0.417. The maximum Gasteiger partial charge on any atom is 0.337 e. The number of hydrogen-bond donors (Lipinski definition) is 2. The van der Waals surface area contributed by atoms with Gasteiger partial charge < -0.3 is 15.3 Å². The summed E-state index contributed by atoms with van der Waals surface area (Å²) >= 11 is 5.79. The van der Waals surface area contributed by atoms with E-state index in [1.807, 2.05) is 6.92 Å². The highest BCUT2D eigenvalue weighted by atomic mass is 35.5. The number of halogens is 1. The average molecular weight is 297 g/mol. The molecule has 0 aliphatic heterocycles. The van der Waals surface area contributed by atoms with Crippen LogP contribution < -0.4 is 5.32 Å². The van der Waals surface area contributed by atoms with E-state index in [0.29, 0.717) is 18.2 Å². The Hall–Kier alpha value is -1.75. The lowest BCUT2D eigenvalue weighted by atomic mass is 10.2. The van der Waals surface area contributed by atoms with Crippen molar-refractivity contribution >= 4 is 29.3 Å². The zero-order valence-electron chi connectivity index (χ0n) is 11.2. The Balaban J connectivity index is 2.06. The molecular weight excluding hydrogens is 280 g/mol. The summed E-state index contributed by atoms with van der Waals surface area (Å²) in [7, 11) is 0. The van der Waals surface area contributed by atoms with Gasteiger partial charge in [-0.1, -0.05) is 11.6 Å². The quantitative estimate of drug-likeness (QED) is 0.876. The minimum absolute atomic E-state index is 0.0188. The summed E-state index contributed by atoms with van der Waals surface area (Å²) in [6.45, 7) is 3.30. The normalized spacial score (nSPS) is 13.9. The lowest BCUT2D eigenvalue weighted by Crippen LogP contribution is -2.36. The molecule has 0 aromatic heterocycles. The van der Waals surface area contributed by atoms with Crippen LogP contribution in [-0.2, 0) is 0 Å². The lowest BCUT2D eigenvalue weighted by molar-refractivity contribution is 0.0697. The van der Waals surface area contributed by atoms with Gasteiger partial charge in [0.2, 0.25) is 0 Å². The minimum Gasteiger partial charge on any atom is -0.478 e. The fourth-order valence-electron chi connectivity index (χ4n) is 1.94. The Morgan fingerprint density at radius 3 is 2.70 bits per heavy atom. The summed E-state index contributed by atoms with van der Waals surface area (Å²) in [6, 6.07) is 4.22. The van der Waals surface area contributed by atoms with E-state index in [2.05, 4.69) is 5.32 Å². The zero-order chi connectivity index (χ0) is 14.7. The monoisotopic (exact) mass is 296 g/mol. The van der Waals surface area contributed by atoms with Crippen molar-refractivity contribution in [2.75, 3.05) is 18.4 Å². The smallest absolute Gasteiger partial charge is 0.337 e. The van der Waals surface area contributed by atoms with Crippen molar-refractivity contribution in [3.63, 3.8) is 0 Å². The third kappa shape index (κ3) is 3.63. The van der Waals surface area contributed by atoms with Crippen molar-refractivity contribution in [1.82, 2.24) is 4.90 Å². The Morgan fingerprint density at radius 2 is 2.15 bits per heavy atom. The van der Waals surface area contributed by atoms with Gasteiger partial charge in [0, 0.05) is 18.8 Å². The average Bonchev–Trinajstić information content (AvgIpc) is 3.21. The number of amides is 2. The third-order valence-corrected chi connectivity index (χ3v) is 3.62. The first-order valence-electron chi connectivity index (χ1n) is 6.60. The first kappa shape index (κ1) is 14.7. The molecule has 2 N–H and O–H groups in total. The first-order valence-corrected chi connectivity index (χ1v) is 6.97. The third-order valence-electron chi connectivity index (χ3n) is 3.29. The van der Waals surface area contributed by atoms with Gasteiger partial charge in [0.1, 0.15) is 0 Å². The zero-order valence-corrected chi connectivity index (χ0v) is 12.0. The van der Waals surface area contributed by atoms with E-state index < -0.39 is 5.97 Å². The van der Waals surface area contributed by atoms with E-state index in [4.69, 9.17) is 16.7 Å². The van der Waals surface area contributed by atoms with Gasteiger partial charge in [-0.15, -0.1) is 0 Å². The molecule has 0 radical (unpaired) electrons. The number of carbonyl (C=O) groups is 2. The highest BCUT2D eigenvalue weighted by Gasteiger charge is 2.26. The maximum atomic E-state index is 12.1. The van der Waals surface area contributed by atoms with Crippen LogP contribution in [0.15, 0.2) is 18.2 Å². The topological polar surface area (TPSA) is 69.6 Å². The highest BCUT2D eigenvalue weighted by molar-refractivity contribution is 6.33. The van der Waals surface area contributed by atoms with Crippen LogP contribution in [-0.4, -0.2) is 35.1 Å². The van der Waals surface area contributed by atoms with Crippen molar-refractivity contribution in [3.05, 3.63) is 28.8 Å². The SMILES string of the molecule is CCN(CC1CC1)C(=O)Nc1ccc(Cl)c(C(=O)O)c1. The van der Waals surface area contributed by atoms with Gasteiger partial charge in [-0.2, -0.15) is 0 Å². The predicted octanol–water partition coefficient (Wildman–Crippen LogP) is 3.30. The lowest BCUT2D eigenvalue weighted by Gasteiger charge is -2.21. The predicted molar refractivity (Wildman–Crippen MR) is 77.4 cm³/mol. The van der Waals surface area contributed by atoms with Gasteiger partial charge >= 0.3 is 12.0 Å². The van der Waals surface area contributed by atoms with Crippen LogP contribution >= 0.6 is 11.6 Å². The minimum atomic E-state index is -1.11. The number of carbonyl (C=O) groups excluding carboxylic acids is 1. The number of benzene rings is 1. The number of rotatable bonds is 5.